The molecule has 9 nitrogen and oxygen atoms in total. The first-order valence-electron chi connectivity index (χ1n) is 11.4. The Morgan fingerprint density at radius 1 is 1.11 bits per heavy atom. The van der Waals surface area contributed by atoms with Crippen LogP contribution in [0.2, 0.25) is 0 Å². The Hall–Kier alpha value is -4.40. The molecule has 2 aromatic carbocycles. The molecule has 0 bridgehead atoms. The highest BCUT2D eigenvalue weighted by Crippen LogP contribution is 2.41. The molecule has 4 aromatic rings. The molecule has 1 aliphatic rings. The van der Waals surface area contributed by atoms with Crippen LogP contribution in [0, 0.1) is 0 Å². The van der Waals surface area contributed by atoms with Crippen LogP contribution in [0.3, 0.4) is 0 Å². The van der Waals surface area contributed by atoms with Gasteiger partial charge in [0.1, 0.15) is 35.1 Å². The number of hydrogen-bond acceptors (Lipinski definition) is 7. The van der Waals surface area contributed by atoms with Crippen molar-refractivity contribution < 1.29 is 19.4 Å². The molecular formula is C26H25N5O4. The number of para-hydroxylation sites is 1. The third kappa shape index (κ3) is 4.52. The summed E-state index contributed by atoms with van der Waals surface area (Å²) in [5, 5.41) is 14.6. The minimum absolute atomic E-state index is 0.0678. The van der Waals surface area contributed by atoms with E-state index in [0.29, 0.717) is 46.9 Å². The quantitative estimate of drug-likeness (QED) is 0.376. The number of fused-ring (bicyclic) bond motifs is 1. The summed E-state index contributed by atoms with van der Waals surface area (Å²) in [6.07, 6.45) is 5.67. The summed E-state index contributed by atoms with van der Waals surface area (Å²) >= 11 is 0. The Balaban J connectivity index is 1.53. The van der Waals surface area contributed by atoms with E-state index in [0.717, 1.165) is 29.7 Å². The maximum Gasteiger partial charge on any atom is 0.328 e. The summed E-state index contributed by atoms with van der Waals surface area (Å²) < 4.78 is 13.6. The zero-order chi connectivity index (χ0) is 24.4. The number of methoxy groups -OCH3 is 1. The number of hydrogen-bond donors (Lipinski definition) is 2. The van der Waals surface area contributed by atoms with Gasteiger partial charge >= 0.3 is 5.97 Å². The third-order valence-corrected chi connectivity index (χ3v) is 6.20. The van der Waals surface area contributed by atoms with Crippen LogP contribution in [0.15, 0.2) is 66.5 Å². The lowest BCUT2D eigenvalue weighted by Gasteiger charge is -2.24. The molecule has 178 valence electrons. The number of nitrogens with two attached hydrogens (primary N) is 1. The number of carbonyl (C=O) groups is 1. The van der Waals surface area contributed by atoms with Crippen molar-refractivity contribution in [3.8, 4) is 28.5 Å². The van der Waals surface area contributed by atoms with E-state index < -0.39 is 5.97 Å². The monoisotopic (exact) mass is 471 g/mol. The van der Waals surface area contributed by atoms with Crippen LogP contribution < -0.4 is 15.2 Å². The van der Waals surface area contributed by atoms with Crippen LogP contribution >= 0.6 is 0 Å². The second-order valence-corrected chi connectivity index (χ2v) is 8.40. The van der Waals surface area contributed by atoms with Crippen LogP contribution in [0.5, 0.6) is 17.2 Å². The number of carboxylic acid groups (broad SMARTS) is 1. The van der Waals surface area contributed by atoms with Gasteiger partial charge in [-0.15, -0.1) is 0 Å². The van der Waals surface area contributed by atoms with E-state index in [4.69, 9.17) is 25.4 Å². The molecule has 9 heteroatoms. The fourth-order valence-electron chi connectivity index (χ4n) is 4.53. The lowest BCUT2D eigenvalue weighted by molar-refractivity contribution is -0.131. The van der Waals surface area contributed by atoms with Crippen LogP contribution in [-0.4, -0.2) is 37.9 Å². The number of benzene rings is 2. The number of ether oxygens (including phenoxy) is 2. The van der Waals surface area contributed by atoms with Gasteiger partial charge in [-0.2, -0.15) is 5.10 Å². The molecule has 35 heavy (non-hydrogen) atoms. The summed E-state index contributed by atoms with van der Waals surface area (Å²) in [6.45, 7) is 0. The van der Waals surface area contributed by atoms with E-state index in [1.807, 2.05) is 53.2 Å². The number of nitrogens with zero attached hydrogens (tertiary/aromatic N) is 4. The van der Waals surface area contributed by atoms with Crippen molar-refractivity contribution in [2.75, 3.05) is 12.8 Å². The molecule has 1 aliphatic carbocycles. The Labute approximate surface area is 201 Å². The zero-order valence-electron chi connectivity index (χ0n) is 19.2. The molecule has 0 radical (unpaired) electrons. The van der Waals surface area contributed by atoms with Gasteiger partial charge in [-0.05, 0) is 49.9 Å². The van der Waals surface area contributed by atoms with Crippen molar-refractivity contribution in [2.45, 2.75) is 31.7 Å². The smallest absolute Gasteiger partial charge is 0.328 e. The number of aliphatic carboxylic acids is 1. The van der Waals surface area contributed by atoms with Crippen LogP contribution in [-0.2, 0) is 4.79 Å². The molecule has 2 aromatic heterocycles. The van der Waals surface area contributed by atoms with Gasteiger partial charge in [0.15, 0.2) is 5.65 Å². The van der Waals surface area contributed by atoms with Gasteiger partial charge in [0, 0.05) is 17.7 Å². The van der Waals surface area contributed by atoms with Gasteiger partial charge in [-0.1, -0.05) is 23.8 Å². The van der Waals surface area contributed by atoms with E-state index >= 15 is 0 Å². The minimum atomic E-state index is -0.905. The number of aromatic nitrogens is 4. The highest BCUT2D eigenvalue weighted by atomic mass is 16.5. The molecule has 1 fully saturated rings. The molecule has 5 rings (SSSR count). The topological polar surface area (TPSA) is 125 Å². The largest absolute Gasteiger partial charge is 0.496 e. The predicted octanol–water partition coefficient (Wildman–Crippen LogP) is 5.00. The van der Waals surface area contributed by atoms with Crippen molar-refractivity contribution in [3.05, 3.63) is 66.5 Å². The standard InChI is InChI=1S/C26H25N5O4/c1-34-21-14-19(35-18-5-3-2-4-6-18)11-12-20(21)24-23-25(27)28-15-29-26(23)31(30-24)17-9-7-16(8-10-17)13-22(32)33/h2-6,11-15,17H,7-10H2,1H3,(H,32,33)(H2,27,28,29). The molecule has 0 amide bonds. The number of anilines is 1. The van der Waals surface area contributed by atoms with Crippen LogP contribution in [0.25, 0.3) is 22.3 Å². The maximum atomic E-state index is 11.0. The fraction of sp³-hybridized carbons (Fsp3) is 0.231. The first-order valence-corrected chi connectivity index (χ1v) is 11.4. The summed E-state index contributed by atoms with van der Waals surface area (Å²) in [5.41, 5.74) is 9.26. The first kappa shape index (κ1) is 22.4. The van der Waals surface area contributed by atoms with Gasteiger partial charge in [0.05, 0.1) is 18.5 Å². The lowest BCUT2D eigenvalue weighted by Crippen LogP contribution is -2.16. The van der Waals surface area contributed by atoms with Gasteiger partial charge < -0.3 is 20.3 Å². The van der Waals surface area contributed by atoms with Gasteiger partial charge in [0.2, 0.25) is 0 Å². The molecule has 0 saturated heterocycles. The number of carboxylic acids is 1. The van der Waals surface area contributed by atoms with E-state index in [1.165, 1.54) is 12.4 Å². The molecule has 0 aliphatic heterocycles. The normalized spacial score (nSPS) is 15.7. The van der Waals surface area contributed by atoms with Gasteiger partial charge in [-0.3, -0.25) is 0 Å². The van der Waals surface area contributed by atoms with Crippen molar-refractivity contribution in [1.82, 2.24) is 19.7 Å². The Morgan fingerprint density at radius 2 is 1.89 bits per heavy atom. The van der Waals surface area contributed by atoms with E-state index in [9.17, 15) is 4.79 Å². The number of allylic oxidation sites excluding steroid dienone is 1. The predicted molar refractivity (Wildman–Crippen MR) is 131 cm³/mol. The molecular weight excluding hydrogens is 446 g/mol. The molecule has 1 saturated carbocycles. The second kappa shape index (κ2) is 9.46. The number of rotatable bonds is 6. The lowest BCUT2D eigenvalue weighted by atomic mass is 9.90. The second-order valence-electron chi connectivity index (χ2n) is 8.40. The zero-order valence-corrected chi connectivity index (χ0v) is 19.2. The SMILES string of the molecule is COc1cc(Oc2ccccc2)ccc1-c1nn(C2CCC(=CC(=O)O)CC2)c2ncnc(N)c12. The summed E-state index contributed by atoms with van der Waals surface area (Å²) in [5.74, 6) is 1.38. The molecule has 3 N–H and O–H groups in total. The summed E-state index contributed by atoms with van der Waals surface area (Å²) in [4.78, 5) is 19.7. The fourth-order valence-corrected chi connectivity index (χ4v) is 4.53. The van der Waals surface area contributed by atoms with Crippen LogP contribution in [0.4, 0.5) is 5.82 Å². The van der Waals surface area contributed by atoms with E-state index in [2.05, 4.69) is 9.97 Å². The van der Waals surface area contributed by atoms with Crippen molar-refractivity contribution >= 4 is 22.8 Å². The Bertz CT molecular complexity index is 1400. The van der Waals surface area contributed by atoms with E-state index in [-0.39, 0.29) is 6.04 Å². The van der Waals surface area contributed by atoms with Crippen molar-refractivity contribution in [1.29, 1.82) is 0 Å². The Morgan fingerprint density at radius 3 is 2.60 bits per heavy atom. The van der Waals surface area contributed by atoms with Gasteiger partial charge in [-0.25, -0.2) is 19.4 Å². The van der Waals surface area contributed by atoms with Gasteiger partial charge in [0.25, 0.3) is 0 Å². The molecule has 0 unspecified atom stereocenters. The summed E-state index contributed by atoms with van der Waals surface area (Å²) in [6, 6.07) is 15.2. The molecule has 2 heterocycles. The summed E-state index contributed by atoms with van der Waals surface area (Å²) in [7, 11) is 1.60. The highest BCUT2D eigenvalue weighted by molar-refractivity contribution is 5.99. The van der Waals surface area contributed by atoms with Crippen molar-refractivity contribution in [2.24, 2.45) is 0 Å². The highest BCUT2D eigenvalue weighted by Gasteiger charge is 2.26. The maximum absolute atomic E-state index is 11.0. The Kier molecular flexibility index (Phi) is 6.05. The third-order valence-electron chi connectivity index (χ3n) is 6.20. The van der Waals surface area contributed by atoms with Crippen LogP contribution in [0.1, 0.15) is 31.7 Å². The average molecular weight is 472 g/mol. The first-order chi connectivity index (χ1) is 17.0. The minimum Gasteiger partial charge on any atom is -0.496 e. The average Bonchev–Trinajstić information content (AvgIpc) is 3.25. The molecule has 0 spiro atoms. The number of nitrogen functional groups attached to an aromatic ring is 1. The molecule has 0 atom stereocenters. The van der Waals surface area contributed by atoms with Crippen molar-refractivity contribution in [3.63, 3.8) is 0 Å². The van der Waals surface area contributed by atoms with E-state index in [1.54, 1.807) is 7.11 Å².